The van der Waals surface area contributed by atoms with E-state index in [0.29, 0.717) is 0 Å². The van der Waals surface area contributed by atoms with E-state index in [2.05, 4.69) is 13.2 Å². The normalized spacial score (nSPS) is 3.22. The second kappa shape index (κ2) is 42.2. The van der Waals surface area contributed by atoms with Crippen LogP contribution >= 0.6 is 0 Å². The van der Waals surface area contributed by atoms with Crippen LogP contribution in [0.25, 0.3) is 0 Å². The van der Waals surface area contributed by atoms with E-state index in [9.17, 15) is 0 Å². The van der Waals surface area contributed by atoms with Crippen molar-refractivity contribution in [3.05, 3.63) is 13.2 Å². The molecule has 0 rings (SSSR count). The van der Waals surface area contributed by atoms with Gasteiger partial charge in [-0.05, 0) is 0 Å². The van der Waals surface area contributed by atoms with E-state index < -0.39 is 5.97 Å². The van der Waals surface area contributed by atoms with Crippen LogP contribution in [0, 0.1) is 0 Å². The second-order valence-electron chi connectivity index (χ2n) is 0.519. The third kappa shape index (κ3) is 18100. The van der Waals surface area contributed by atoms with Gasteiger partial charge in [0.05, 0.1) is 0 Å². The number of carboxylic acids is 1. The minimum absolute atomic E-state index is 0. The molecule has 0 unspecified atom stereocenters. The Balaban J connectivity index is -0.00000000990. The van der Waals surface area contributed by atoms with E-state index in [1.165, 1.54) is 0 Å². The van der Waals surface area contributed by atoms with E-state index in [1.54, 1.807) is 0 Å². The summed E-state index contributed by atoms with van der Waals surface area (Å²) < 4.78 is 0. The molecule has 0 aromatic heterocycles. The van der Waals surface area contributed by atoms with Crippen LogP contribution in [0.3, 0.4) is 0 Å². The zero-order valence-electron chi connectivity index (χ0n) is 5.18. The molecule has 0 saturated heterocycles. The van der Waals surface area contributed by atoms with Gasteiger partial charge in [-0.1, -0.05) is 0 Å². The van der Waals surface area contributed by atoms with Gasteiger partial charge in [0, 0.05) is 6.92 Å². The number of aliphatic carboxylic acids is 1. The zero-order valence-corrected chi connectivity index (χ0v) is 5.18. The van der Waals surface area contributed by atoms with Crippen LogP contribution in [-0.2, 0) is 4.79 Å². The van der Waals surface area contributed by atoms with Gasteiger partial charge in [0.1, 0.15) is 0 Å². The van der Waals surface area contributed by atoms with E-state index in [-0.39, 0.29) is 41.9 Å². The molecule has 0 saturated carbocycles. The molecule has 5 heteroatoms. The van der Waals surface area contributed by atoms with Crippen molar-refractivity contribution < 1.29 is 9.90 Å². The summed E-state index contributed by atoms with van der Waals surface area (Å²) in [5.74, 6) is -0.833. The van der Waals surface area contributed by atoms with Crippen molar-refractivity contribution in [3.63, 3.8) is 0 Å². The first-order chi connectivity index (χ1) is 2.73. The molecule has 0 bridgehead atoms. The minimum atomic E-state index is -0.833. The van der Waals surface area contributed by atoms with Crippen molar-refractivity contribution in [2.45, 2.75) is 6.92 Å². The predicted molar refractivity (Wildman–Crippen MR) is 41.8 cm³/mol. The molecular weight excluding hydrogens is 131 g/mol. The maximum atomic E-state index is 9.00. The van der Waals surface area contributed by atoms with E-state index in [1.807, 2.05) is 0 Å². The Labute approximate surface area is 77.8 Å². The van der Waals surface area contributed by atoms with Crippen LogP contribution < -0.4 is 12.3 Å². The molecule has 0 aromatic carbocycles. The molecule has 0 aliphatic heterocycles. The molecule has 7 N–H and O–H groups in total. The van der Waals surface area contributed by atoms with Gasteiger partial charge in [0.15, 0.2) is 0 Å². The second-order valence-corrected chi connectivity index (χ2v) is 0.519. The molecule has 0 atom stereocenters. The number of rotatable bonds is 0. The molecule has 0 aromatic rings. The average molecular weight is 146 g/mol. The Morgan fingerprint density at radius 2 is 1.33 bits per heavy atom. The van der Waals surface area contributed by atoms with Crippen LogP contribution in [0.4, 0.5) is 0 Å². The third-order valence-electron chi connectivity index (χ3n) is 0. The summed E-state index contributed by atoms with van der Waals surface area (Å²) >= 11 is 0. The molecule has 0 spiro atoms. The Morgan fingerprint density at radius 1 is 1.33 bits per heavy atom. The van der Waals surface area contributed by atoms with Crippen molar-refractivity contribution >= 4 is 35.5 Å². The molecule has 9 heavy (non-hydrogen) atoms. The van der Waals surface area contributed by atoms with E-state index in [4.69, 9.17) is 9.90 Å². The van der Waals surface area contributed by atoms with Gasteiger partial charge in [-0.2, -0.15) is 0 Å². The zero-order chi connectivity index (χ0) is 5.58. The summed E-state index contributed by atoms with van der Waals surface area (Å²) in [7, 11) is 0. The number of carbonyl (C=O) groups is 1. The van der Waals surface area contributed by atoms with Crippen LogP contribution in [-0.4, -0.2) is 40.6 Å². The van der Waals surface area contributed by atoms with Crippen LogP contribution in [0.5, 0.6) is 0 Å². The maximum absolute atomic E-state index is 9.00. The molecule has 0 heterocycles. The van der Waals surface area contributed by atoms with Crippen molar-refractivity contribution in [1.29, 1.82) is 0 Å². The summed E-state index contributed by atoms with van der Waals surface area (Å²) in [6.45, 7) is 7.08. The van der Waals surface area contributed by atoms with Crippen molar-refractivity contribution in [1.82, 2.24) is 12.3 Å². The average Bonchev–Trinajstić information content (AvgIpc) is 1.41. The van der Waals surface area contributed by atoms with E-state index in [0.717, 1.165) is 6.92 Å². The molecule has 0 aliphatic carbocycles. The van der Waals surface area contributed by atoms with Gasteiger partial charge in [0.25, 0.3) is 5.97 Å². The standard InChI is InChI=1S/C2H4O2.C2H4.2H3N.Na.H/c1-2(3)4;1-2;;;;/h1H3,(H,3,4);1-2H2;2*1H3;;. The van der Waals surface area contributed by atoms with Crippen molar-refractivity contribution in [2.75, 3.05) is 0 Å². The molecule has 4 nitrogen and oxygen atoms in total. The van der Waals surface area contributed by atoms with Gasteiger partial charge in [-0.15, -0.1) is 13.2 Å². The van der Waals surface area contributed by atoms with Gasteiger partial charge >= 0.3 is 29.6 Å². The fraction of sp³-hybridized carbons (Fsp3) is 0.250. The first-order valence-corrected chi connectivity index (χ1v) is 1.43. The molecule has 54 valence electrons. The predicted octanol–water partition coefficient (Wildman–Crippen LogP) is 0.569. The number of hydrogen-bond donors (Lipinski definition) is 3. The molecule has 0 amide bonds. The Kier molecular flexibility index (Phi) is 166. The van der Waals surface area contributed by atoms with Crippen LogP contribution in [0.2, 0.25) is 0 Å². The third-order valence-corrected chi connectivity index (χ3v) is 0. The van der Waals surface area contributed by atoms with Crippen LogP contribution in [0.15, 0.2) is 13.2 Å². The van der Waals surface area contributed by atoms with Gasteiger partial charge in [-0.3, -0.25) is 4.79 Å². The number of hydrogen-bond acceptors (Lipinski definition) is 3. The fourth-order valence-electron chi connectivity index (χ4n) is 0. The first-order valence-electron chi connectivity index (χ1n) is 1.43. The van der Waals surface area contributed by atoms with Gasteiger partial charge in [0.2, 0.25) is 0 Å². The van der Waals surface area contributed by atoms with Crippen LogP contribution in [0.1, 0.15) is 6.92 Å². The monoisotopic (exact) mass is 146 g/mol. The summed E-state index contributed by atoms with van der Waals surface area (Å²) in [4.78, 5) is 9.00. The molecular formula is C4H15N2NaO2. The van der Waals surface area contributed by atoms with E-state index >= 15 is 0 Å². The molecule has 0 aliphatic rings. The van der Waals surface area contributed by atoms with Crippen molar-refractivity contribution in [3.8, 4) is 0 Å². The number of carboxylic acid groups (broad SMARTS) is 1. The Bertz CT molecular complexity index is 47.8. The summed E-state index contributed by atoms with van der Waals surface area (Å²) in [6, 6.07) is 0. The summed E-state index contributed by atoms with van der Waals surface area (Å²) in [5.41, 5.74) is 0. The molecule has 0 radical (unpaired) electrons. The summed E-state index contributed by atoms with van der Waals surface area (Å²) in [6.07, 6.45) is 0. The first kappa shape index (κ1) is 35.4. The quantitative estimate of drug-likeness (QED) is 0.343. The van der Waals surface area contributed by atoms with Gasteiger partial charge in [-0.25, -0.2) is 0 Å². The SMILES string of the molecule is C=C.CC(=O)O.N.N.[NaH]. The van der Waals surface area contributed by atoms with Gasteiger partial charge < -0.3 is 17.4 Å². The summed E-state index contributed by atoms with van der Waals surface area (Å²) in [5, 5.41) is 7.42. The topological polar surface area (TPSA) is 107 Å². The molecule has 0 fully saturated rings. The Morgan fingerprint density at radius 3 is 1.33 bits per heavy atom. The van der Waals surface area contributed by atoms with Crippen molar-refractivity contribution in [2.24, 2.45) is 0 Å². The fourth-order valence-corrected chi connectivity index (χ4v) is 0. The Hall–Kier alpha value is 0.130.